The molecule has 2 saturated heterocycles. The summed E-state index contributed by atoms with van der Waals surface area (Å²) in [6.45, 7) is 4.28. The molecule has 29 heavy (non-hydrogen) atoms. The number of anilines is 1. The number of nitrogens with zero attached hydrogens (tertiary/aromatic N) is 3. The van der Waals surface area contributed by atoms with Crippen molar-refractivity contribution in [2.24, 2.45) is 0 Å². The average molecular weight is 402 g/mol. The van der Waals surface area contributed by atoms with Crippen molar-refractivity contribution in [2.45, 2.75) is 19.8 Å². The van der Waals surface area contributed by atoms with Gasteiger partial charge in [-0.1, -0.05) is 13.3 Å². The number of nitrogens with one attached hydrogen (secondary N) is 1. The number of benzene rings is 1. The van der Waals surface area contributed by atoms with Crippen LogP contribution in [0.4, 0.5) is 16.2 Å². The normalized spacial score (nSPS) is 18.9. The van der Waals surface area contributed by atoms with E-state index in [1.54, 1.807) is 6.07 Å². The first-order valence-corrected chi connectivity index (χ1v) is 9.42. The van der Waals surface area contributed by atoms with Gasteiger partial charge in [0.15, 0.2) is 0 Å². The van der Waals surface area contributed by atoms with E-state index in [2.05, 4.69) is 5.32 Å². The fraction of sp³-hybridized carbons (Fsp3) is 0.421. The Morgan fingerprint density at radius 2 is 1.97 bits per heavy atom. The molecule has 0 aromatic heterocycles. The molecule has 10 nitrogen and oxygen atoms in total. The summed E-state index contributed by atoms with van der Waals surface area (Å²) in [7, 11) is 0. The standard InChI is InChI=1S/C19H22N4O6/c1-2-3-6-22-18(25)15(17(24)20-19(22)26)12-13-11-14(23(27)28)4-5-16(13)21-7-9-29-10-8-21/h4-5,11-12H,2-3,6-10H2,1H3,(H,20,24,26)/b15-12+. The van der Waals surface area contributed by atoms with Crippen LogP contribution in [0.25, 0.3) is 6.08 Å². The molecule has 10 heteroatoms. The van der Waals surface area contributed by atoms with Gasteiger partial charge in [0, 0.05) is 43.0 Å². The number of ether oxygens (including phenoxy) is 1. The Hall–Kier alpha value is -3.27. The summed E-state index contributed by atoms with van der Waals surface area (Å²) in [5, 5.41) is 13.4. The van der Waals surface area contributed by atoms with Gasteiger partial charge < -0.3 is 9.64 Å². The van der Waals surface area contributed by atoms with Gasteiger partial charge in [0.2, 0.25) is 0 Å². The summed E-state index contributed by atoms with van der Waals surface area (Å²) in [5.41, 5.74) is 0.639. The van der Waals surface area contributed by atoms with Crippen LogP contribution in [-0.2, 0) is 14.3 Å². The van der Waals surface area contributed by atoms with Crippen molar-refractivity contribution in [1.29, 1.82) is 0 Å². The van der Waals surface area contributed by atoms with Gasteiger partial charge in [0.1, 0.15) is 5.57 Å². The number of urea groups is 1. The number of carbonyl (C=O) groups excluding carboxylic acids is 3. The molecule has 0 aliphatic carbocycles. The number of barbiturate groups is 1. The number of amides is 4. The lowest BCUT2D eigenvalue weighted by atomic mass is 10.0. The van der Waals surface area contributed by atoms with Gasteiger partial charge in [-0.25, -0.2) is 4.79 Å². The van der Waals surface area contributed by atoms with Crippen LogP contribution in [-0.4, -0.2) is 60.5 Å². The fourth-order valence-electron chi connectivity index (χ4n) is 3.23. The summed E-state index contributed by atoms with van der Waals surface area (Å²) in [5.74, 6) is -1.51. The van der Waals surface area contributed by atoms with Crippen molar-refractivity contribution in [3.05, 3.63) is 39.4 Å². The molecule has 0 bridgehead atoms. The van der Waals surface area contributed by atoms with Crippen LogP contribution in [0.5, 0.6) is 0 Å². The zero-order valence-electron chi connectivity index (χ0n) is 16.1. The number of hydrogen-bond acceptors (Lipinski definition) is 7. The topological polar surface area (TPSA) is 122 Å². The third kappa shape index (κ3) is 4.43. The molecule has 2 heterocycles. The molecule has 1 N–H and O–H groups in total. The maximum atomic E-state index is 12.8. The lowest BCUT2D eigenvalue weighted by Crippen LogP contribution is -2.54. The summed E-state index contributed by atoms with van der Waals surface area (Å²) in [6, 6.07) is 3.55. The average Bonchev–Trinajstić information content (AvgIpc) is 2.71. The summed E-state index contributed by atoms with van der Waals surface area (Å²) < 4.78 is 5.34. The molecule has 4 amide bonds. The van der Waals surface area contributed by atoms with E-state index in [4.69, 9.17) is 4.74 Å². The number of carbonyl (C=O) groups is 3. The molecule has 2 aliphatic rings. The third-order valence-corrected chi connectivity index (χ3v) is 4.79. The van der Waals surface area contributed by atoms with Gasteiger partial charge in [-0.3, -0.25) is 29.9 Å². The van der Waals surface area contributed by atoms with Crippen LogP contribution >= 0.6 is 0 Å². The van der Waals surface area contributed by atoms with E-state index < -0.39 is 22.8 Å². The number of rotatable bonds is 6. The minimum atomic E-state index is -0.813. The Bertz CT molecular complexity index is 875. The number of nitro groups is 1. The van der Waals surface area contributed by atoms with Crippen molar-refractivity contribution in [1.82, 2.24) is 10.2 Å². The van der Waals surface area contributed by atoms with E-state index in [1.165, 1.54) is 18.2 Å². The predicted octanol–water partition coefficient (Wildman–Crippen LogP) is 1.69. The smallest absolute Gasteiger partial charge is 0.331 e. The Morgan fingerprint density at radius 3 is 2.62 bits per heavy atom. The molecule has 3 rings (SSSR count). The van der Waals surface area contributed by atoms with Crippen LogP contribution in [0.3, 0.4) is 0 Å². The third-order valence-electron chi connectivity index (χ3n) is 4.79. The SMILES string of the molecule is CCCCN1C(=O)NC(=O)/C(=C\c2cc([N+](=O)[O-])ccc2N2CCOCC2)C1=O. The van der Waals surface area contributed by atoms with Gasteiger partial charge >= 0.3 is 6.03 Å². The molecular formula is C19H22N4O6. The first-order chi connectivity index (χ1) is 13.9. The number of hydrogen-bond donors (Lipinski definition) is 1. The van der Waals surface area contributed by atoms with Crippen LogP contribution in [0, 0.1) is 10.1 Å². The van der Waals surface area contributed by atoms with Crippen LogP contribution in [0.1, 0.15) is 25.3 Å². The highest BCUT2D eigenvalue weighted by atomic mass is 16.6. The molecule has 1 aromatic carbocycles. The second-order valence-electron chi connectivity index (χ2n) is 6.73. The first-order valence-electron chi connectivity index (χ1n) is 9.42. The molecule has 154 valence electrons. The van der Waals surface area contributed by atoms with Crippen LogP contribution < -0.4 is 10.2 Å². The first kappa shape index (κ1) is 20.5. The number of non-ortho nitro benzene ring substituents is 1. The van der Waals surface area contributed by atoms with Crippen LogP contribution in [0.15, 0.2) is 23.8 Å². The molecule has 0 radical (unpaired) electrons. The van der Waals surface area contributed by atoms with E-state index in [0.717, 1.165) is 11.3 Å². The fourth-order valence-corrected chi connectivity index (χ4v) is 3.23. The van der Waals surface area contributed by atoms with Gasteiger partial charge in [0.25, 0.3) is 17.5 Å². The Balaban J connectivity index is 2.02. The zero-order valence-corrected chi connectivity index (χ0v) is 16.1. The molecule has 0 spiro atoms. The monoisotopic (exact) mass is 402 g/mol. The minimum absolute atomic E-state index is 0.156. The summed E-state index contributed by atoms with van der Waals surface area (Å²) in [4.78, 5) is 50.8. The lowest BCUT2D eigenvalue weighted by Gasteiger charge is -2.30. The highest BCUT2D eigenvalue weighted by Crippen LogP contribution is 2.29. The van der Waals surface area contributed by atoms with Crippen LogP contribution in [0.2, 0.25) is 0 Å². The maximum absolute atomic E-state index is 12.8. The Kier molecular flexibility index (Phi) is 6.23. The van der Waals surface area contributed by atoms with Crippen molar-refractivity contribution in [3.8, 4) is 0 Å². The molecule has 0 atom stereocenters. The second kappa shape index (κ2) is 8.82. The lowest BCUT2D eigenvalue weighted by molar-refractivity contribution is -0.384. The Morgan fingerprint density at radius 1 is 1.24 bits per heavy atom. The van der Waals surface area contributed by atoms with Gasteiger partial charge in [-0.15, -0.1) is 0 Å². The number of morpholine rings is 1. The maximum Gasteiger partial charge on any atom is 0.331 e. The van der Waals surface area contributed by atoms with E-state index in [1.807, 2.05) is 11.8 Å². The van der Waals surface area contributed by atoms with E-state index in [-0.39, 0.29) is 17.8 Å². The summed E-state index contributed by atoms with van der Waals surface area (Å²) >= 11 is 0. The molecule has 0 unspecified atom stereocenters. The summed E-state index contributed by atoms with van der Waals surface area (Å²) in [6.07, 6.45) is 2.70. The largest absolute Gasteiger partial charge is 0.378 e. The minimum Gasteiger partial charge on any atom is -0.378 e. The van der Waals surface area contributed by atoms with E-state index >= 15 is 0 Å². The molecule has 2 aliphatic heterocycles. The van der Waals surface area contributed by atoms with Gasteiger partial charge in [-0.05, 0) is 18.6 Å². The number of unbranched alkanes of at least 4 members (excludes halogenated alkanes) is 1. The second-order valence-corrected chi connectivity index (χ2v) is 6.73. The van der Waals surface area contributed by atoms with Crippen molar-refractivity contribution in [2.75, 3.05) is 37.7 Å². The van der Waals surface area contributed by atoms with Crippen molar-refractivity contribution >= 4 is 35.3 Å². The Labute approximate surface area is 167 Å². The highest BCUT2D eigenvalue weighted by molar-refractivity contribution is 6.31. The van der Waals surface area contributed by atoms with Gasteiger partial charge in [0.05, 0.1) is 18.1 Å². The van der Waals surface area contributed by atoms with E-state index in [9.17, 15) is 24.5 Å². The predicted molar refractivity (Wildman–Crippen MR) is 104 cm³/mol. The zero-order chi connectivity index (χ0) is 21.0. The quantitative estimate of drug-likeness (QED) is 0.332. The van der Waals surface area contributed by atoms with E-state index in [0.29, 0.717) is 44.0 Å². The van der Waals surface area contributed by atoms with Crippen molar-refractivity contribution in [3.63, 3.8) is 0 Å². The molecule has 0 saturated carbocycles. The molecular weight excluding hydrogens is 380 g/mol. The van der Waals surface area contributed by atoms with Gasteiger partial charge in [-0.2, -0.15) is 0 Å². The highest BCUT2D eigenvalue weighted by Gasteiger charge is 2.35. The number of nitro benzene ring substituents is 1. The molecule has 1 aromatic rings. The number of imide groups is 2. The molecule has 2 fully saturated rings. The van der Waals surface area contributed by atoms with Crippen molar-refractivity contribution < 1.29 is 24.0 Å².